The lowest BCUT2D eigenvalue weighted by Gasteiger charge is -2.11. The zero-order chi connectivity index (χ0) is 15.2. The first-order chi connectivity index (χ1) is 10.7. The van der Waals surface area contributed by atoms with Crippen LogP contribution in [0.2, 0.25) is 0 Å². The van der Waals surface area contributed by atoms with Crippen LogP contribution in [0, 0.1) is 0 Å². The van der Waals surface area contributed by atoms with Crippen LogP contribution in [-0.4, -0.2) is 8.42 Å². The van der Waals surface area contributed by atoms with Gasteiger partial charge in [-0.1, -0.05) is 30.3 Å². The summed E-state index contributed by atoms with van der Waals surface area (Å²) in [6, 6.07) is 14.1. The molecule has 0 saturated heterocycles. The Morgan fingerprint density at radius 2 is 1.64 bits per heavy atom. The Morgan fingerprint density at radius 1 is 0.864 bits per heavy atom. The van der Waals surface area contributed by atoms with Gasteiger partial charge in [0.2, 0.25) is 9.84 Å². The molecule has 1 heterocycles. The van der Waals surface area contributed by atoms with Gasteiger partial charge in [0.05, 0.1) is 15.5 Å². The Balaban J connectivity index is 1.86. The fourth-order valence-electron chi connectivity index (χ4n) is 3.26. The highest BCUT2D eigenvalue weighted by molar-refractivity contribution is 7.91. The second-order valence-electron chi connectivity index (χ2n) is 5.71. The summed E-state index contributed by atoms with van der Waals surface area (Å²) >= 11 is 0. The third kappa shape index (κ3) is 1.98. The minimum absolute atomic E-state index is 0.323. The van der Waals surface area contributed by atoms with Crippen molar-refractivity contribution < 1.29 is 8.42 Å². The highest BCUT2D eigenvalue weighted by Crippen LogP contribution is 2.45. The number of rotatable bonds is 2. The van der Waals surface area contributed by atoms with Crippen LogP contribution in [0.1, 0.15) is 31.2 Å². The molecular formula is C18H16NO2S. The van der Waals surface area contributed by atoms with E-state index >= 15 is 0 Å². The number of sulfone groups is 1. The number of para-hydroxylation sites is 1. The second kappa shape index (κ2) is 4.99. The molecule has 0 saturated carbocycles. The van der Waals surface area contributed by atoms with Crippen molar-refractivity contribution in [1.29, 1.82) is 0 Å². The number of fused-ring (bicyclic) bond motifs is 2. The van der Waals surface area contributed by atoms with Crippen LogP contribution in [0.4, 0.5) is 5.69 Å². The van der Waals surface area contributed by atoms with E-state index in [0.717, 1.165) is 36.9 Å². The molecule has 0 atom stereocenters. The number of hydrogen-bond donors (Lipinski definition) is 0. The van der Waals surface area contributed by atoms with Crippen molar-refractivity contribution >= 4 is 21.1 Å². The Hall–Kier alpha value is -2.07. The second-order valence-corrected chi connectivity index (χ2v) is 7.63. The molecule has 111 valence electrons. The highest BCUT2D eigenvalue weighted by atomic mass is 32.2. The summed E-state index contributed by atoms with van der Waals surface area (Å²) in [5, 5.41) is 4.67. The first-order valence-electron chi connectivity index (χ1n) is 7.55. The van der Waals surface area contributed by atoms with Gasteiger partial charge in [-0.3, -0.25) is 5.32 Å². The monoisotopic (exact) mass is 310 g/mol. The minimum Gasteiger partial charge on any atom is -0.251 e. The van der Waals surface area contributed by atoms with E-state index in [9.17, 15) is 8.42 Å². The Kier molecular flexibility index (Phi) is 3.08. The van der Waals surface area contributed by atoms with Crippen molar-refractivity contribution in [2.75, 3.05) is 0 Å². The maximum absolute atomic E-state index is 12.9. The minimum atomic E-state index is -3.53. The van der Waals surface area contributed by atoms with E-state index < -0.39 is 9.84 Å². The van der Waals surface area contributed by atoms with Crippen LogP contribution in [0.25, 0.3) is 5.57 Å². The molecule has 4 heteroatoms. The molecule has 1 radical (unpaired) electrons. The highest BCUT2D eigenvalue weighted by Gasteiger charge is 2.31. The summed E-state index contributed by atoms with van der Waals surface area (Å²) in [7, 11) is -3.53. The standard InChI is InChI=1S/C18H16NO2S/c20-22(21,13-7-2-1-3-8-13)17-12-6-10-15-14-9-4-5-11-16(14)19-18(15)17/h1-3,6-8,10,12H,4-5,9,11H2. The van der Waals surface area contributed by atoms with E-state index in [2.05, 4.69) is 5.32 Å². The molecule has 1 aliphatic heterocycles. The lowest BCUT2D eigenvalue weighted by atomic mass is 9.93. The molecule has 0 amide bonds. The molecule has 2 aromatic rings. The van der Waals surface area contributed by atoms with E-state index in [0.29, 0.717) is 15.5 Å². The number of benzene rings is 2. The molecule has 0 spiro atoms. The molecule has 2 aliphatic rings. The van der Waals surface area contributed by atoms with E-state index in [1.54, 1.807) is 30.3 Å². The van der Waals surface area contributed by atoms with Gasteiger partial charge >= 0.3 is 0 Å². The van der Waals surface area contributed by atoms with E-state index in [-0.39, 0.29) is 0 Å². The average Bonchev–Trinajstić information content (AvgIpc) is 2.94. The van der Waals surface area contributed by atoms with Crippen molar-refractivity contribution in [1.82, 2.24) is 5.32 Å². The van der Waals surface area contributed by atoms with Crippen LogP contribution in [0.3, 0.4) is 0 Å². The molecule has 3 nitrogen and oxygen atoms in total. The van der Waals surface area contributed by atoms with Gasteiger partial charge in [0, 0.05) is 11.3 Å². The third-order valence-electron chi connectivity index (χ3n) is 4.35. The predicted molar refractivity (Wildman–Crippen MR) is 85.5 cm³/mol. The van der Waals surface area contributed by atoms with Gasteiger partial charge in [-0.05, 0) is 49.5 Å². The Morgan fingerprint density at radius 3 is 2.45 bits per heavy atom. The summed E-state index contributed by atoms with van der Waals surface area (Å²) in [4.78, 5) is 0.647. The molecule has 0 unspecified atom stereocenters. The quantitative estimate of drug-likeness (QED) is 0.840. The summed E-state index contributed by atoms with van der Waals surface area (Å²) in [6.07, 6.45) is 4.25. The Bertz CT molecular complexity index is 867. The summed E-state index contributed by atoms with van der Waals surface area (Å²) in [5.74, 6) is 0. The number of nitrogens with zero attached hydrogens (tertiary/aromatic N) is 1. The Labute approximate surface area is 130 Å². The van der Waals surface area contributed by atoms with Crippen LogP contribution in [-0.2, 0) is 9.84 Å². The fraction of sp³-hybridized carbons (Fsp3) is 0.222. The lowest BCUT2D eigenvalue weighted by molar-refractivity contribution is 0.596. The molecule has 4 rings (SSSR count). The van der Waals surface area contributed by atoms with Crippen molar-refractivity contribution in [3.63, 3.8) is 0 Å². The average molecular weight is 310 g/mol. The van der Waals surface area contributed by atoms with Crippen LogP contribution < -0.4 is 5.32 Å². The largest absolute Gasteiger partial charge is 0.251 e. The SMILES string of the molecule is O=S(=O)(c1ccccc1)c1cccc2c1[N]C1=C2CCCC1. The number of allylic oxidation sites excluding steroid dienone is 2. The van der Waals surface area contributed by atoms with Gasteiger partial charge < -0.3 is 0 Å². The molecule has 0 fully saturated rings. The normalized spacial score (nSPS) is 16.9. The summed E-state index contributed by atoms with van der Waals surface area (Å²) in [6.45, 7) is 0. The topological polar surface area (TPSA) is 48.2 Å². The van der Waals surface area contributed by atoms with Crippen molar-refractivity contribution in [3.8, 4) is 0 Å². The van der Waals surface area contributed by atoms with Crippen LogP contribution >= 0.6 is 0 Å². The molecule has 22 heavy (non-hydrogen) atoms. The summed E-state index contributed by atoms with van der Waals surface area (Å²) in [5.41, 5.74) is 3.97. The molecule has 0 aromatic heterocycles. The molecule has 0 N–H and O–H groups in total. The summed E-state index contributed by atoms with van der Waals surface area (Å²) < 4.78 is 25.8. The van der Waals surface area contributed by atoms with Crippen molar-refractivity contribution in [2.24, 2.45) is 0 Å². The third-order valence-corrected chi connectivity index (χ3v) is 6.15. The van der Waals surface area contributed by atoms with Crippen LogP contribution in [0.15, 0.2) is 64.0 Å². The van der Waals surface area contributed by atoms with Gasteiger partial charge in [-0.15, -0.1) is 0 Å². The molecular weight excluding hydrogens is 294 g/mol. The van der Waals surface area contributed by atoms with Gasteiger partial charge in [0.15, 0.2) is 0 Å². The maximum atomic E-state index is 12.9. The first kappa shape index (κ1) is 13.6. The lowest BCUT2D eigenvalue weighted by Crippen LogP contribution is -2.05. The number of hydrogen-bond acceptors (Lipinski definition) is 2. The zero-order valence-corrected chi connectivity index (χ0v) is 12.9. The van der Waals surface area contributed by atoms with Gasteiger partial charge in [-0.25, -0.2) is 8.42 Å². The zero-order valence-electron chi connectivity index (χ0n) is 12.1. The smallest absolute Gasteiger partial charge is 0.208 e. The van der Waals surface area contributed by atoms with Crippen LogP contribution in [0.5, 0.6) is 0 Å². The van der Waals surface area contributed by atoms with E-state index in [1.165, 1.54) is 5.57 Å². The maximum Gasteiger partial charge on any atom is 0.208 e. The predicted octanol–water partition coefficient (Wildman–Crippen LogP) is 4.05. The molecule has 0 bridgehead atoms. The van der Waals surface area contributed by atoms with Crippen molar-refractivity contribution in [2.45, 2.75) is 35.5 Å². The van der Waals surface area contributed by atoms with Crippen molar-refractivity contribution in [3.05, 3.63) is 59.8 Å². The van der Waals surface area contributed by atoms with E-state index in [1.807, 2.05) is 18.2 Å². The fourth-order valence-corrected chi connectivity index (χ4v) is 4.70. The molecule has 1 aliphatic carbocycles. The van der Waals surface area contributed by atoms with E-state index in [4.69, 9.17) is 0 Å². The van der Waals surface area contributed by atoms with Gasteiger partial charge in [-0.2, -0.15) is 0 Å². The molecule has 2 aromatic carbocycles. The first-order valence-corrected chi connectivity index (χ1v) is 9.03. The van der Waals surface area contributed by atoms with Gasteiger partial charge in [0.1, 0.15) is 0 Å². The van der Waals surface area contributed by atoms with Gasteiger partial charge in [0.25, 0.3) is 0 Å².